The summed E-state index contributed by atoms with van der Waals surface area (Å²) < 4.78 is 0. The van der Waals surface area contributed by atoms with Gasteiger partial charge in [-0.2, -0.15) is 15.0 Å². The molecule has 0 saturated carbocycles. The van der Waals surface area contributed by atoms with E-state index in [1.165, 1.54) is 0 Å². The molecule has 4 nitrogen and oxygen atoms in total. The summed E-state index contributed by atoms with van der Waals surface area (Å²) in [6.07, 6.45) is 5.72. The molecule has 0 bridgehead atoms. The van der Waals surface area contributed by atoms with E-state index in [4.69, 9.17) is 29.6 Å². The predicted octanol–water partition coefficient (Wildman–Crippen LogP) is 2.00. The number of halogens is 2. The highest BCUT2D eigenvalue weighted by atomic mass is 35.5. The van der Waals surface area contributed by atoms with Gasteiger partial charge in [-0.25, -0.2) is 0 Å². The maximum absolute atomic E-state index is 5.58. The molecule has 0 saturated heterocycles. The number of hydrogen-bond acceptors (Lipinski definition) is 4. The standard InChI is InChI=1S/C8H8Cl2N4/c1-3-4-5(2)11-8-13-6(9)12-7(10)14-8/h1,5H,4H2,2H3,(H,11,12,13,14). The van der Waals surface area contributed by atoms with E-state index in [0.29, 0.717) is 12.4 Å². The van der Waals surface area contributed by atoms with Gasteiger partial charge < -0.3 is 5.32 Å². The van der Waals surface area contributed by atoms with Crippen molar-refractivity contribution in [2.75, 3.05) is 5.32 Å². The van der Waals surface area contributed by atoms with E-state index in [1.807, 2.05) is 6.92 Å². The summed E-state index contributed by atoms with van der Waals surface area (Å²) in [5.41, 5.74) is 0. The van der Waals surface area contributed by atoms with E-state index in [0.717, 1.165) is 0 Å². The average molecular weight is 231 g/mol. The summed E-state index contributed by atoms with van der Waals surface area (Å²) in [5, 5.41) is 3.06. The predicted molar refractivity (Wildman–Crippen MR) is 56.4 cm³/mol. The second kappa shape index (κ2) is 4.99. The molecule has 1 aromatic rings. The summed E-state index contributed by atoms with van der Waals surface area (Å²) in [7, 11) is 0. The zero-order valence-corrected chi connectivity index (χ0v) is 8.97. The molecule has 0 fully saturated rings. The lowest BCUT2D eigenvalue weighted by atomic mass is 10.2. The van der Waals surface area contributed by atoms with Gasteiger partial charge in [0.1, 0.15) is 0 Å². The van der Waals surface area contributed by atoms with E-state index in [2.05, 4.69) is 26.2 Å². The minimum Gasteiger partial charge on any atom is -0.351 e. The molecule has 0 radical (unpaired) electrons. The molecule has 0 aliphatic rings. The molecule has 1 rings (SSSR count). The summed E-state index contributed by atoms with van der Waals surface area (Å²) in [5.74, 6) is 2.85. The molecule has 0 aliphatic carbocycles. The second-order valence-electron chi connectivity index (χ2n) is 2.65. The molecular formula is C8H8Cl2N4. The smallest absolute Gasteiger partial charge is 0.228 e. The monoisotopic (exact) mass is 230 g/mol. The average Bonchev–Trinajstić information content (AvgIpc) is 2.01. The van der Waals surface area contributed by atoms with Crippen molar-refractivity contribution in [1.82, 2.24) is 15.0 Å². The van der Waals surface area contributed by atoms with Crippen LogP contribution in [-0.4, -0.2) is 21.0 Å². The topological polar surface area (TPSA) is 50.7 Å². The van der Waals surface area contributed by atoms with Gasteiger partial charge in [0.15, 0.2) is 0 Å². The van der Waals surface area contributed by atoms with Crippen molar-refractivity contribution in [3.05, 3.63) is 10.6 Å². The summed E-state index contributed by atoms with van der Waals surface area (Å²) in [6, 6.07) is 0.0644. The van der Waals surface area contributed by atoms with Crippen molar-refractivity contribution in [2.24, 2.45) is 0 Å². The number of rotatable bonds is 3. The summed E-state index contributed by atoms with van der Waals surface area (Å²) >= 11 is 11.2. The van der Waals surface area contributed by atoms with Gasteiger partial charge >= 0.3 is 0 Å². The molecule has 0 aliphatic heterocycles. The SMILES string of the molecule is C#CCC(C)Nc1nc(Cl)nc(Cl)n1. The molecule has 1 aromatic heterocycles. The van der Waals surface area contributed by atoms with Crippen LogP contribution in [0.2, 0.25) is 10.6 Å². The van der Waals surface area contributed by atoms with Crippen molar-refractivity contribution in [1.29, 1.82) is 0 Å². The highest BCUT2D eigenvalue weighted by Gasteiger charge is 2.05. The van der Waals surface area contributed by atoms with Gasteiger partial charge in [0, 0.05) is 12.5 Å². The van der Waals surface area contributed by atoms with Crippen molar-refractivity contribution < 1.29 is 0 Å². The first-order valence-corrected chi connectivity index (χ1v) is 4.64. The molecule has 1 heterocycles. The highest BCUT2D eigenvalue weighted by Crippen LogP contribution is 2.10. The fourth-order valence-electron chi connectivity index (χ4n) is 0.839. The maximum Gasteiger partial charge on any atom is 0.228 e. The van der Waals surface area contributed by atoms with Crippen molar-refractivity contribution in [3.8, 4) is 12.3 Å². The lowest BCUT2D eigenvalue weighted by Gasteiger charge is -2.09. The largest absolute Gasteiger partial charge is 0.351 e. The second-order valence-corrected chi connectivity index (χ2v) is 3.33. The zero-order valence-electron chi connectivity index (χ0n) is 7.46. The van der Waals surface area contributed by atoms with Crippen LogP contribution >= 0.6 is 23.2 Å². The molecule has 0 aromatic carbocycles. The zero-order chi connectivity index (χ0) is 10.6. The number of nitrogens with zero attached hydrogens (tertiary/aromatic N) is 3. The molecule has 74 valence electrons. The van der Waals surface area contributed by atoms with E-state index in [9.17, 15) is 0 Å². The van der Waals surface area contributed by atoms with Gasteiger partial charge in [0.2, 0.25) is 16.5 Å². The molecule has 0 spiro atoms. The minimum absolute atomic E-state index is 0.0559. The normalized spacial score (nSPS) is 11.9. The van der Waals surface area contributed by atoms with Crippen LogP contribution in [0.15, 0.2) is 0 Å². The third-order valence-electron chi connectivity index (χ3n) is 1.38. The Hall–Kier alpha value is -1.05. The summed E-state index contributed by atoms with van der Waals surface area (Å²) in [6.45, 7) is 1.91. The van der Waals surface area contributed by atoms with Crippen LogP contribution in [0.1, 0.15) is 13.3 Å². The molecular weight excluding hydrogens is 223 g/mol. The van der Waals surface area contributed by atoms with Crippen molar-refractivity contribution >= 4 is 29.2 Å². The van der Waals surface area contributed by atoms with E-state index < -0.39 is 0 Å². The Labute approximate surface area is 92.1 Å². The fraction of sp³-hybridized carbons (Fsp3) is 0.375. The lowest BCUT2D eigenvalue weighted by molar-refractivity contribution is 0.808. The minimum atomic E-state index is 0.0559. The number of aromatic nitrogens is 3. The van der Waals surface area contributed by atoms with Crippen molar-refractivity contribution in [3.63, 3.8) is 0 Å². The van der Waals surface area contributed by atoms with Gasteiger partial charge in [-0.15, -0.1) is 12.3 Å². The number of anilines is 1. The Morgan fingerprint density at radius 2 is 1.93 bits per heavy atom. The van der Waals surface area contributed by atoms with Crippen LogP contribution in [0.5, 0.6) is 0 Å². The maximum atomic E-state index is 5.58. The Morgan fingerprint density at radius 3 is 2.43 bits per heavy atom. The first kappa shape index (κ1) is 11.0. The van der Waals surface area contributed by atoms with Crippen LogP contribution in [0.3, 0.4) is 0 Å². The van der Waals surface area contributed by atoms with Crippen LogP contribution in [0.25, 0.3) is 0 Å². The van der Waals surface area contributed by atoms with Gasteiger partial charge in [-0.05, 0) is 30.1 Å². The Bertz CT molecular complexity index is 341. The third-order valence-corrected chi connectivity index (χ3v) is 1.72. The van der Waals surface area contributed by atoms with E-state index >= 15 is 0 Å². The quantitative estimate of drug-likeness (QED) is 0.808. The number of hydrogen-bond donors (Lipinski definition) is 1. The summed E-state index contributed by atoms with van der Waals surface area (Å²) in [4.78, 5) is 11.3. The molecule has 1 N–H and O–H groups in total. The molecule has 0 amide bonds. The Kier molecular flexibility index (Phi) is 3.93. The molecule has 1 atom stereocenters. The highest BCUT2D eigenvalue weighted by molar-refractivity contribution is 6.31. The van der Waals surface area contributed by atoms with Crippen LogP contribution in [0.4, 0.5) is 5.95 Å². The van der Waals surface area contributed by atoms with Crippen LogP contribution in [-0.2, 0) is 0 Å². The Morgan fingerprint density at radius 1 is 1.36 bits per heavy atom. The van der Waals surface area contributed by atoms with Gasteiger partial charge in [0.25, 0.3) is 0 Å². The number of nitrogens with one attached hydrogen (secondary N) is 1. The van der Waals surface area contributed by atoms with Crippen LogP contribution in [0, 0.1) is 12.3 Å². The molecule has 14 heavy (non-hydrogen) atoms. The number of terminal acetylenes is 1. The van der Waals surface area contributed by atoms with Crippen molar-refractivity contribution in [2.45, 2.75) is 19.4 Å². The first-order chi connectivity index (χ1) is 6.61. The third kappa shape index (κ3) is 3.36. The van der Waals surface area contributed by atoms with Gasteiger partial charge in [-0.1, -0.05) is 0 Å². The van der Waals surface area contributed by atoms with E-state index in [1.54, 1.807) is 0 Å². The van der Waals surface area contributed by atoms with E-state index in [-0.39, 0.29) is 16.6 Å². The fourth-order valence-corrected chi connectivity index (χ4v) is 1.20. The Balaban J connectivity index is 2.72. The van der Waals surface area contributed by atoms with Crippen LogP contribution < -0.4 is 5.32 Å². The van der Waals surface area contributed by atoms with Gasteiger partial charge in [0.05, 0.1) is 0 Å². The van der Waals surface area contributed by atoms with Gasteiger partial charge in [-0.3, -0.25) is 0 Å². The molecule has 6 heteroatoms. The first-order valence-electron chi connectivity index (χ1n) is 3.89. The lowest BCUT2D eigenvalue weighted by Crippen LogP contribution is -2.16. The molecule has 1 unspecified atom stereocenters.